The van der Waals surface area contributed by atoms with Crippen molar-refractivity contribution in [1.29, 1.82) is 5.26 Å². The number of rotatable bonds is 10. The fourth-order valence-corrected chi connectivity index (χ4v) is 3.83. The number of benzene rings is 2. The van der Waals surface area contributed by atoms with Crippen molar-refractivity contribution in [3.05, 3.63) is 89.5 Å². The molecule has 0 spiro atoms. The Hall–Kier alpha value is -4.65. The van der Waals surface area contributed by atoms with E-state index < -0.39 is 23.6 Å². The summed E-state index contributed by atoms with van der Waals surface area (Å²) in [6.45, 7) is 5.90. The molecule has 0 aliphatic carbocycles. The van der Waals surface area contributed by atoms with Crippen LogP contribution in [0.4, 0.5) is 4.79 Å². The Morgan fingerprint density at radius 2 is 1.77 bits per heavy atom. The summed E-state index contributed by atoms with van der Waals surface area (Å²) in [7, 11) is 1.65. The lowest BCUT2D eigenvalue weighted by molar-refractivity contribution is -0.135. The summed E-state index contributed by atoms with van der Waals surface area (Å²) in [4.78, 5) is 44.3. The van der Waals surface area contributed by atoms with Crippen LogP contribution in [0.25, 0.3) is 0 Å². The second-order valence-corrected chi connectivity index (χ2v) is 10.2. The van der Waals surface area contributed by atoms with E-state index in [1.807, 2.05) is 47.0 Å². The molecule has 1 unspecified atom stereocenters. The molecule has 0 aliphatic heterocycles. The van der Waals surface area contributed by atoms with E-state index in [2.05, 4.69) is 21.7 Å². The third kappa shape index (κ3) is 9.31. The first-order chi connectivity index (χ1) is 18.5. The number of aromatic nitrogens is 2. The maximum absolute atomic E-state index is 13.3. The molecule has 1 heterocycles. The van der Waals surface area contributed by atoms with Gasteiger partial charge in [-0.1, -0.05) is 42.5 Å². The molecule has 1 aromatic heterocycles. The third-order valence-corrected chi connectivity index (χ3v) is 5.70. The number of likely N-dealkylation sites (N-methyl/N-ethyl adjacent to an activating group) is 1. The van der Waals surface area contributed by atoms with Crippen LogP contribution in [-0.4, -0.2) is 57.6 Å². The van der Waals surface area contributed by atoms with Crippen LogP contribution in [-0.2, 0) is 33.8 Å². The number of hydrogen-bond donors (Lipinski definition) is 2. The maximum atomic E-state index is 13.3. The highest BCUT2D eigenvalue weighted by Gasteiger charge is 2.26. The van der Waals surface area contributed by atoms with E-state index in [1.54, 1.807) is 52.5 Å². The van der Waals surface area contributed by atoms with Gasteiger partial charge in [0, 0.05) is 32.0 Å². The molecule has 0 bridgehead atoms. The number of alkyl carbamates (subject to hydrolysis) is 1. The highest BCUT2D eigenvalue weighted by atomic mass is 16.6. The minimum Gasteiger partial charge on any atom is -0.444 e. The number of carbonyl (C=O) groups excluding carboxylic acids is 3. The average Bonchev–Trinajstić information content (AvgIpc) is 3.32. The summed E-state index contributed by atoms with van der Waals surface area (Å²) >= 11 is 0. The SMILES string of the molecule is CN(Cc1ccccc1)C(=O)C(CNC(=O)OC(C)(C)C)NC(=O)Cc1cncn1Cc1ccc(C#N)cc1. The summed E-state index contributed by atoms with van der Waals surface area (Å²) in [5, 5.41) is 14.4. The fourth-order valence-electron chi connectivity index (χ4n) is 3.83. The zero-order valence-electron chi connectivity index (χ0n) is 22.7. The Balaban J connectivity index is 1.68. The van der Waals surface area contributed by atoms with Crippen molar-refractivity contribution in [2.24, 2.45) is 0 Å². The van der Waals surface area contributed by atoms with Gasteiger partial charge < -0.3 is 24.8 Å². The first kappa shape index (κ1) is 28.9. The number of amides is 3. The highest BCUT2D eigenvalue weighted by molar-refractivity contribution is 5.88. The molecule has 2 N–H and O–H groups in total. The summed E-state index contributed by atoms with van der Waals surface area (Å²) in [6, 6.07) is 17.7. The van der Waals surface area contributed by atoms with Crippen molar-refractivity contribution >= 4 is 17.9 Å². The minimum atomic E-state index is -1.01. The van der Waals surface area contributed by atoms with Gasteiger partial charge in [-0.3, -0.25) is 9.59 Å². The first-order valence-electron chi connectivity index (χ1n) is 12.6. The van der Waals surface area contributed by atoms with Crippen molar-refractivity contribution in [2.45, 2.75) is 51.9 Å². The number of nitrogens with zero attached hydrogens (tertiary/aromatic N) is 4. The molecule has 3 aromatic rings. The zero-order chi connectivity index (χ0) is 28.4. The monoisotopic (exact) mass is 530 g/mol. The average molecular weight is 531 g/mol. The summed E-state index contributed by atoms with van der Waals surface area (Å²) < 4.78 is 7.12. The van der Waals surface area contributed by atoms with Crippen LogP contribution in [0.15, 0.2) is 67.1 Å². The molecule has 0 saturated carbocycles. The van der Waals surface area contributed by atoms with E-state index >= 15 is 0 Å². The zero-order valence-corrected chi connectivity index (χ0v) is 22.7. The van der Waals surface area contributed by atoms with Crippen molar-refractivity contribution in [1.82, 2.24) is 25.1 Å². The molecule has 2 aromatic carbocycles. The topological polar surface area (TPSA) is 129 Å². The van der Waals surface area contributed by atoms with Gasteiger partial charge in [0.25, 0.3) is 0 Å². The molecule has 3 rings (SSSR count). The summed E-state index contributed by atoms with van der Waals surface area (Å²) in [5.41, 5.74) is 2.40. The van der Waals surface area contributed by atoms with Crippen LogP contribution in [0.2, 0.25) is 0 Å². The van der Waals surface area contributed by atoms with Crippen LogP contribution in [0, 0.1) is 11.3 Å². The van der Waals surface area contributed by atoms with E-state index in [-0.39, 0.29) is 18.9 Å². The fraction of sp³-hybridized carbons (Fsp3) is 0.345. The van der Waals surface area contributed by atoms with Gasteiger partial charge in [0.05, 0.1) is 30.9 Å². The van der Waals surface area contributed by atoms with E-state index in [0.717, 1.165) is 11.1 Å². The normalized spacial score (nSPS) is 11.7. The molecule has 1 atom stereocenters. The Labute approximate surface area is 228 Å². The quantitative estimate of drug-likeness (QED) is 0.415. The number of carbonyl (C=O) groups is 3. The lowest BCUT2D eigenvalue weighted by atomic mass is 10.1. The van der Waals surface area contributed by atoms with Gasteiger partial charge in [0.15, 0.2) is 0 Å². The molecule has 0 fully saturated rings. The molecular weight excluding hydrogens is 496 g/mol. The molecule has 10 heteroatoms. The Morgan fingerprint density at radius 3 is 2.41 bits per heavy atom. The second kappa shape index (κ2) is 13.2. The van der Waals surface area contributed by atoms with Crippen molar-refractivity contribution in [3.8, 4) is 6.07 Å². The van der Waals surface area contributed by atoms with Gasteiger partial charge in [-0.2, -0.15) is 5.26 Å². The molecule has 0 radical (unpaired) electrons. The van der Waals surface area contributed by atoms with Crippen LogP contribution in [0.3, 0.4) is 0 Å². The van der Waals surface area contributed by atoms with Crippen LogP contribution >= 0.6 is 0 Å². The molecule has 3 amide bonds. The van der Waals surface area contributed by atoms with Gasteiger partial charge in [0.2, 0.25) is 11.8 Å². The van der Waals surface area contributed by atoms with Crippen molar-refractivity contribution < 1.29 is 19.1 Å². The smallest absolute Gasteiger partial charge is 0.407 e. The van der Waals surface area contributed by atoms with Gasteiger partial charge in [-0.25, -0.2) is 9.78 Å². The van der Waals surface area contributed by atoms with E-state index in [0.29, 0.717) is 24.3 Å². The summed E-state index contributed by atoms with van der Waals surface area (Å²) in [5.74, 6) is -0.747. The van der Waals surface area contributed by atoms with Crippen LogP contribution < -0.4 is 10.6 Å². The molecule has 0 saturated heterocycles. The lowest BCUT2D eigenvalue weighted by Crippen LogP contribution is -2.53. The third-order valence-electron chi connectivity index (χ3n) is 5.70. The predicted octanol–water partition coefficient (Wildman–Crippen LogP) is 3.01. The number of imidazole rings is 1. The lowest BCUT2D eigenvalue weighted by Gasteiger charge is -2.26. The van der Waals surface area contributed by atoms with Crippen molar-refractivity contribution in [3.63, 3.8) is 0 Å². The van der Waals surface area contributed by atoms with Crippen molar-refractivity contribution in [2.75, 3.05) is 13.6 Å². The van der Waals surface area contributed by atoms with Gasteiger partial charge in [0.1, 0.15) is 11.6 Å². The van der Waals surface area contributed by atoms with Gasteiger partial charge in [-0.05, 0) is 44.0 Å². The van der Waals surface area contributed by atoms with E-state index in [1.165, 1.54) is 4.90 Å². The van der Waals surface area contributed by atoms with Crippen LogP contribution in [0.5, 0.6) is 0 Å². The largest absolute Gasteiger partial charge is 0.444 e. The molecule has 10 nitrogen and oxygen atoms in total. The minimum absolute atomic E-state index is 0.0190. The first-order valence-corrected chi connectivity index (χ1v) is 12.6. The number of ether oxygens (including phenoxy) is 1. The standard InChI is InChI=1S/C29H34N6O4/c1-29(2,3)39-28(38)32-17-25(27(37)34(4)18-22-8-6-5-7-9-22)33-26(36)14-24-16-31-20-35(24)19-23-12-10-21(15-30)11-13-23/h5-13,16,20,25H,14,17-19H2,1-4H3,(H,32,38)(H,33,36). The Bertz CT molecular complexity index is 1310. The summed E-state index contributed by atoms with van der Waals surface area (Å²) in [6.07, 6.45) is 2.53. The highest BCUT2D eigenvalue weighted by Crippen LogP contribution is 2.10. The van der Waals surface area contributed by atoms with Gasteiger partial charge in [-0.15, -0.1) is 0 Å². The van der Waals surface area contributed by atoms with E-state index in [4.69, 9.17) is 10.00 Å². The Morgan fingerprint density at radius 1 is 1.08 bits per heavy atom. The van der Waals surface area contributed by atoms with Crippen LogP contribution in [0.1, 0.15) is 43.2 Å². The molecular formula is C29H34N6O4. The van der Waals surface area contributed by atoms with E-state index in [9.17, 15) is 14.4 Å². The number of nitriles is 1. The molecule has 204 valence electrons. The number of nitrogens with one attached hydrogen (secondary N) is 2. The number of hydrogen-bond acceptors (Lipinski definition) is 6. The maximum Gasteiger partial charge on any atom is 0.407 e. The van der Waals surface area contributed by atoms with Gasteiger partial charge >= 0.3 is 6.09 Å². The second-order valence-electron chi connectivity index (χ2n) is 10.2. The molecule has 39 heavy (non-hydrogen) atoms. The molecule has 0 aliphatic rings. The Kier molecular flexibility index (Phi) is 9.81. The predicted molar refractivity (Wildman–Crippen MR) is 145 cm³/mol.